The number of methoxy groups -OCH3 is 1. The number of hydrogen-bond donors (Lipinski definition) is 3. The van der Waals surface area contributed by atoms with Gasteiger partial charge in [-0.05, 0) is 95.4 Å². The van der Waals surface area contributed by atoms with Gasteiger partial charge < -0.3 is 21.1 Å². The zero-order chi connectivity index (χ0) is 21.6. The molecule has 0 radical (unpaired) electrons. The standard InChI is InChI=1S/C23H36N6O/c1-23(2,3)29-13-9-17(10-14-29)16-26-21-8-12-25-22(28-21)27-19-5-6-20(30-4)18(15-19)7-11-24/h5-6,8,12,15,17H,7,9-11,13-14,16,24H2,1-4H3,(H2,25,26,27,28). The molecule has 1 saturated heterocycles. The third-order valence-electron chi connectivity index (χ3n) is 5.74. The van der Waals surface area contributed by atoms with Gasteiger partial charge in [-0.15, -0.1) is 0 Å². The highest BCUT2D eigenvalue weighted by atomic mass is 16.5. The molecule has 2 aromatic rings. The van der Waals surface area contributed by atoms with Crippen LogP contribution in [-0.2, 0) is 6.42 Å². The van der Waals surface area contributed by atoms with Gasteiger partial charge in [0, 0.05) is 24.0 Å². The van der Waals surface area contributed by atoms with E-state index < -0.39 is 0 Å². The van der Waals surface area contributed by atoms with Crippen molar-refractivity contribution in [1.29, 1.82) is 0 Å². The van der Waals surface area contributed by atoms with Crippen LogP contribution >= 0.6 is 0 Å². The van der Waals surface area contributed by atoms with Crippen molar-refractivity contribution in [3.8, 4) is 5.75 Å². The quantitative estimate of drug-likeness (QED) is 0.610. The second-order valence-corrected chi connectivity index (χ2v) is 8.94. The van der Waals surface area contributed by atoms with Crippen molar-refractivity contribution in [2.45, 2.75) is 45.6 Å². The van der Waals surface area contributed by atoms with Crippen molar-refractivity contribution >= 4 is 17.5 Å². The Morgan fingerprint density at radius 3 is 2.63 bits per heavy atom. The summed E-state index contributed by atoms with van der Waals surface area (Å²) in [5.41, 5.74) is 7.97. The van der Waals surface area contributed by atoms with Gasteiger partial charge in [0.15, 0.2) is 0 Å². The Morgan fingerprint density at radius 1 is 1.20 bits per heavy atom. The van der Waals surface area contributed by atoms with Gasteiger partial charge >= 0.3 is 0 Å². The van der Waals surface area contributed by atoms with Crippen molar-refractivity contribution in [2.24, 2.45) is 11.7 Å². The normalized spacial score (nSPS) is 15.8. The van der Waals surface area contributed by atoms with E-state index >= 15 is 0 Å². The Kier molecular flexibility index (Phi) is 7.50. The van der Waals surface area contributed by atoms with E-state index in [9.17, 15) is 0 Å². The molecule has 30 heavy (non-hydrogen) atoms. The van der Waals surface area contributed by atoms with Gasteiger partial charge in [-0.2, -0.15) is 4.98 Å². The van der Waals surface area contributed by atoms with Crippen molar-refractivity contribution in [3.05, 3.63) is 36.0 Å². The molecule has 0 atom stereocenters. The molecule has 164 valence electrons. The number of nitrogens with two attached hydrogens (primary N) is 1. The second kappa shape index (κ2) is 10.1. The summed E-state index contributed by atoms with van der Waals surface area (Å²) in [5, 5.41) is 6.79. The summed E-state index contributed by atoms with van der Waals surface area (Å²) in [6.45, 7) is 10.7. The predicted molar refractivity (Wildman–Crippen MR) is 124 cm³/mol. The zero-order valence-corrected chi connectivity index (χ0v) is 18.7. The lowest BCUT2D eigenvalue weighted by Gasteiger charge is -2.41. The first-order valence-electron chi connectivity index (χ1n) is 10.8. The van der Waals surface area contributed by atoms with Gasteiger partial charge in [-0.25, -0.2) is 4.98 Å². The first-order valence-corrected chi connectivity index (χ1v) is 10.8. The third kappa shape index (κ3) is 6.06. The first-order chi connectivity index (χ1) is 14.4. The molecule has 7 heteroatoms. The summed E-state index contributed by atoms with van der Waals surface area (Å²) in [6, 6.07) is 7.87. The van der Waals surface area contributed by atoms with Gasteiger partial charge in [0.25, 0.3) is 0 Å². The van der Waals surface area contributed by atoms with Gasteiger partial charge in [0.2, 0.25) is 5.95 Å². The minimum absolute atomic E-state index is 0.261. The highest BCUT2D eigenvalue weighted by Crippen LogP contribution is 2.26. The Hall–Kier alpha value is -2.38. The van der Waals surface area contributed by atoms with Crippen molar-refractivity contribution in [3.63, 3.8) is 0 Å². The summed E-state index contributed by atoms with van der Waals surface area (Å²) < 4.78 is 5.41. The summed E-state index contributed by atoms with van der Waals surface area (Å²) in [5.74, 6) is 2.95. The van der Waals surface area contributed by atoms with Crippen LogP contribution in [0.3, 0.4) is 0 Å². The molecule has 0 unspecified atom stereocenters. The smallest absolute Gasteiger partial charge is 0.229 e. The second-order valence-electron chi connectivity index (χ2n) is 8.94. The fourth-order valence-electron chi connectivity index (χ4n) is 3.91. The van der Waals surface area contributed by atoms with Crippen LogP contribution in [0.2, 0.25) is 0 Å². The summed E-state index contributed by atoms with van der Waals surface area (Å²) in [6.07, 6.45) is 4.98. The van der Waals surface area contributed by atoms with Crippen molar-refractivity contribution in [1.82, 2.24) is 14.9 Å². The molecular weight excluding hydrogens is 376 g/mol. The molecule has 2 heterocycles. The number of aromatic nitrogens is 2. The number of ether oxygens (including phenoxy) is 1. The third-order valence-corrected chi connectivity index (χ3v) is 5.74. The lowest BCUT2D eigenvalue weighted by atomic mass is 9.93. The molecule has 1 aliphatic rings. The first kappa shape index (κ1) is 22.3. The van der Waals surface area contributed by atoms with Crippen LogP contribution in [0.15, 0.2) is 30.5 Å². The largest absolute Gasteiger partial charge is 0.496 e. The summed E-state index contributed by atoms with van der Waals surface area (Å²) in [4.78, 5) is 11.6. The SMILES string of the molecule is COc1ccc(Nc2nccc(NCC3CCN(C(C)(C)C)CC3)n2)cc1CCN. The van der Waals surface area contributed by atoms with Crippen LogP contribution in [-0.4, -0.2) is 53.7 Å². The fraction of sp³-hybridized carbons (Fsp3) is 0.565. The lowest BCUT2D eigenvalue weighted by molar-refractivity contribution is 0.0903. The Bertz CT molecular complexity index is 812. The fourth-order valence-corrected chi connectivity index (χ4v) is 3.91. The molecule has 1 fully saturated rings. The van der Waals surface area contributed by atoms with E-state index in [0.717, 1.165) is 48.9 Å². The molecule has 0 amide bonds. The molecule has 7 nitrogen and oxygen atoms in total. The molecule has 4 N–H and O–H groups in total. The number of hydrogen-bond acceptors (Lipinski definition) is 7. The average molecular weight is 413 g/mol. The Balaban J connectivity index is 1.56. The van der Waals surface area contributed by atoms with Gasteiger partial charge in [-0.1, -0.05) is 0 Å². The molecule has 0 saturated carbocycles. The number of nitrogens with zero attached hydrogens (tertiary/aromatic N) is 3. The maximum Gasteiger partial charge on any atom is 0.229 e. The topological polar surface area (TPSA) is 88.3 Å². The maximum absolute atomic E-state index is 5.72. The summed E-state index contributed by atoms with van der Waals surface area (Å²) in [7, 11) is 1.67. The van der Waals surface area contributed by atoms with E-state index in [1.165, 1.54) is 12.8 Å². The van der Waals surface area contributed by atoms with E-state index in [1.54, 1.807) is 13.3 Å². The molecule has 3 rings (SSSR count). The zero-order valence-electron chi connectivity index (χ0n) is 18.7. The maximum atomic E-state index is 5.72. The van der Waals surface area contributed by atoms with Crippen LogP contribution in [0.4, 0.5) is 17.5 Å². The van der Waals surface area contributed by atoms with E-state index in [1.807, 2.05) is 24.3 Å². The number of anilines is 3. The van der Waals surface area contributed by atoms with Crippen LogP contribution < -0.4 is 21.1 Å². The van der Waals surface area contributed by atoms with E-state index in [2.05, 4.69) is 46.3 Å². The predicted octanol–water partition coefficient (Wildman–Crippen LogP) is 3.65. The van der Waals surface area contributed by atoms with Crippen molar-refractivity contribution in [2.75, 3.05) is 43.9 Å². The molecule has 1 aromatic carbocycles. The van der Waals surface area contributed by atoms with Crippen molar-refractivity contribution < 1.29 is 4.74 Å². The highest BCUT2D eigenvalue weighted by Gasteiger charge is 2.26. The molecular formula is C23H36N6O. The monoisotopic (exact) mass is 412 g/mol. The molecule has 0 aliphatic carbocycles. The molecule has 1 aliphatic heterocycles. The Labute approximate surface area is 180 Å². The van der Waals surface area contributed by atoms with Gasteiger partial charge in [-0.3, -0.25) is 4.90 Å². The minimum atomic E-state index is 0.261. The van der Waals surface area contributed by atoms with Gasteiger partial charge in [0.1, 0.15) is 11.6 Å². The van der Waals surface area contributed by atoms with Crippen LogP contribution in [0.25, 0.3) is 0 Å². The van der Waals surface area contributed by atoms with Gasteiger partial charge in [0.05, 0.1) is 7.11 Å². The van der Waals surface area contributed by atoms with Crippen LogP contribution in [0.5, 0.6) is 5.75 Å². The van der Waals surface area contributed by atoms with Crippen LogP contribution in [0, 0.1) is 5.92 Å². The Morgan fingerprint density at radius 2 is 1.97 bits per heavy atom. The summed E-state index contributed by atoms with van der Waals surface area (Å²) >= 11 is 0. The van der Waals surface area contributed by atoms with E-state index in [0.29, 0.717) is 18.4 Å². The molecule has 0 bridgehead atoms. The minimum Gasteiger partial charge on any atom is -0.496 e. The highest BCUT2D eigenvalue weighted by molar-refractivity contribution is 5.58. The van der Waals surface area contributed by atoms with E-state index in [-0.39, 0.29) is 5.54 Å². The lowest BCUT2D eigenvalue weighted by Crippen LogP contribution is -2.46. The van der Waals surface area contributed by atoms with E-state index in [4.69, 9.17) is 10.5 Å². The average Bonchev–Trinajstić information content (AvgIpc) is 2.73. The number of rotatable bonds is 8. The number of likely N-dealkylation sites (tertiary alicyclic amines) is 1. The number of nitrogens with one attached hydrogen (secondary N) is 2. The molecule has 1 aromatic heterocycles. The van der Waals surface area contributed by atoms with Crippen LogP contribution in [0.1, 0.15) is 39.2 Å². The number of piperidine rings is 1. The number of benzene rings is 1. The molecule has 0 spiro atoms.